The van der Waals surface area contributed by atoms with Crippen molar-refractivity contribution in [2.24, 2.45) is 11.8 Å². The Morgan fingerprint density at radius 1 is 1.11 bits per heavy atom. The maximum absolute atomic E-state index is 13.5. The highest BCUT2D eigenvalue weighted by Crippen LogP contribution is 2.28. The van der Waals surface area contributed by atoms with Gasteiger partial charge in [0.2, 0.25) is 5.91 Å². The van der Waals surface area contributed by atoms with Crippen molar-refractivity contribution in [1.82, 2.24) is 4.90 Å². The molecule has 0 saturated carbocycles. The molecule has 0 spiro atoms. The number of hydrogen-bond donors (Lipinski definition) is 1. The predicted octanol–water partition coefficient (Wildman–Crippen LogP) is 1.89. The summed E-state index contributed by atoms with van der Waals surface area (Å²) in [6, 6.07) is 8.67. The molecule has 0 unspecified atom stereocenters. The van der Waals surface area contributed by atoms with Crippen molar-refractivity contribution < 1.29 is 14.4 Å². The molecule has 0 radical (unpaired) electrons. The van der Waals surface area contributed by atoms with E-state index in [9.17, 15) is 4.79 Å². The third-order valence-electron chi connectivity index (χ3n) is 6.80. The fourth-order valence-corrected chi connectivity index (χ4v) is 5.00. The molecular weight excluding hydrogens is 348 g/mol. The fourth-order valence-electron chi connectivity index (χ4n) is 5.00. The lowest BCUT2D eigenvalue weighted by atomic mass is 9.83. The van der Waals surface area contributed by atoms with E-state index in [1.54, 1.807) is 4.90 Å². The van der Waals surface area contributed by atoms with Crippen LogP contribution in [0.1, 0.15) is 36.8 Å². The Hall–Kier alpha value is -1.65. The van der Waals surface area contributed by atoms with Gasteiger partial charge in [0, 0.05) is 12.5 Å². The van der Waals surface area contributed by atoms with Crippen LogP contribution in [0, 0.1) is 11.8 Å². The first kappa shape index (κ1) is 19.7. The third-order valence-corrected chi connectivity index (χ3v) is 6.80. The molecule has 1 fully saturated rings. The molecule has 1 aliphatic heterocycles. The maximum atomic E-state index is 13.5. The van der Waals surface area contributed by atoms with Crippen molar-refractivity contribution in [3.63, 3.8) is 0 Å². The van der Waals surface area contributed by atoms with Crippen LogP contribution in [0.5, 0.6) is 0 Å². The average molecular weight is 384 g/mol. The molecule has 2 atom stereocenters. The van der Waals surface area contributed by atoms with E-state index < -0.39 is 0 Å². The van der Waals surface area contributed by atoms with E-state index in [2.05, 4.69) is 41.3 Å². The van der Waals surface area contributed by atoms with Gasteiger partial charge in [-0.25, -0.2) is 0 Å². The number of fused-ring (bicyclic) bond motifs is 1. The van der Waals surface area contributed by atoms with E-state index in [1.807, 2.05) is 0 Å². The standard InChI is InChI=1S/C24H34N2O2/c27-24(23-11-10-21-8-4-5-9-22(21)18-23)26(19-20-6-2-1-3-7-20)13-12-25-14-16-28-17-15-25/h1-2,4-5,8-9,20,23H,3,6-7,10-19H2/p+1/t20-,23+/m1/s1. The predicted molar refractivity (Wildman–Crippen MR) is 111 cm³/mol. The van der Waals surface area contributed by atoms with Crippen LogP contribution in [0.4, 0.5) is 0 Å². The minimum atomic E-state index is 0.161. The van der Waals surface area contributed by atoms with E-state index in [1.165, 1.54) is 17.5 Å². The van der Waals surface area contributed by atoms with Crippen molar-refractivity contribution in [1.29, 1.82) is 0 Å². The molecule has 1 amide bonds. The van der Waals surface area contributed by atoms with E-state index in [4.69, 9.17) is 4.74 Å². The number of aryl methyl sites for hydroxylation is 1. The summed E-state index contributed by atoms with van der Waals surface area (Å²) in [6.07, 6.45) is 11.1. The Labute approximate surface area is 169 Å². The lowest BCUT2D eigenvalue weighted by Crippen LogP contribution is -3.14. The molecule has 1 aromatic rings. The van der Waals surface area contributed by atoms with Crippen LogP contribution in [0.2, 0.25) is 0 Å². The van der Waals surface area contributed by atoms with Gasteiger partial charge in [-0.2, -0.15) is 0 Å². The monoisotopic (exact) mass is 383 g/mol. The summed E-state index contributed by atoms with van der Waals surface area (Å²) in [7, 11) is 0. The molecule has 4 rings (SSSR count). The molecule has 3 aliphatic rings. The number of nitrogens with one attached hydrogen (secondary N) is 1. The van der Waals surface area contributed by atoms with E-state index in [-0.39, 0.29) is 5.92 Å². The Balaban J connectivity index is 1.40. The van der Waals surface area contributed by atoms with E-state index >= 15 is 0 Å². The minimum absolute atomic E-state index is 0.161. The summed E-state index contributed by atoms with van der Waals surface area (Å²) < 4.78 is 5.49. The summed E-state index contributed by atoms with van der Waals surface area (Å²) >= 11 is 0. The number of hydrogen-bond acceptors (Lipinski definition) is 2. The summed E-state index contributed by atoms with van der Waals surface area (Å²) in [4.78, 5) is 17.3. The number of ether oxygens (including phenoxy) is 1. The number of benzene rings is 1. The highest BCUT2D eigenvalue weighted by atomic mass is 16.5. The Morgan fingerprint density at radius 3 is 2.71 bits per heavy atom. The molecule has 28 heavy (non-hydrogen) atoms. The molecule has 4 nitrogen and oxygen atoms in total. The van der Waals surface area contributed by atoms with Gasteiger partial charge in [-0.15, -0.1) is 0 Å². The molecule has 1 aromatic carbocycles. The van der Waals surface area contributed by atoms with Crippen LogP contribution in [0.3, 0.4) is 0 Å². The molecule has 1 saturated heterocycles. The molecule has 1 N–H and O–H groups in total. The largest absolute Gasteiger partial charge is 0.370 e. The highest BCUT2D eigenvalue weighted by Gasteiger charge is 2.30. The number of allylic oxidation sites excluding steroid dienone is 2. The SMILES string of the molecule is O=C([C@H]1CCc2ccccc2C1)N(CC[NH+]1CCOCC1)C[C@@H]1CC=CCC1. The minimum Gasteiger partial charge on any atom is -0.370 e. The third kappa shape index (κ3) is 5.03. The van der Waals surface area contributed by atoms with Crippen LogP contribution < -0.4 is 4.90 Å². The lowest BCUT2D eigenvalue weighted by Gasteiger charge is -2.34. The first-order chi connectivity index (χ1) is 13.8. The normalized spacial score (nSPS) is 25.3. The van der Waals surface area contributed by atoms with E-state index in [0.717, 1.165) is 78.0 Å². The molecule has 4 heteroatoms. The summed E-state index contributed by atoms with van der Waals surface area (Å²) in [5.74, 6) is 1.19. The van der Waals surface area contributed by atoms with E-state index in [0.29, 0.717) is 11.8 Å². The molecular formula is C24H35N2O2+. The van der Waals surface area contributed by atoms with Crippen molar-refractivity contribution >= 4 is 5.91 Å². The summed E-state index contributed by atoms with van der Waals surface area (Å²) in [5, 5.41) is 0. The first-order valence-corrected chi connectivity index (χ1v) is 11.2. The topological polar surface area (TPSA) is 34.0 Å². The first-order valence-electron chi connectivity index (χ1n) is 11.2. The fraction of sp³-hybridized carbons (Fsp3) is 0.625. The molecule has 152 valence electrons. The van der Waals surface area contributed by atoms with Gasteiger partial charge in [-0.1, -0.05) is 36.4 Å². The smallest absolute Gasteiger partial charge is 0.226 e. The number of rotatable bonds is 6. The van der Waals surface area contributed by atoms with Gasteiger partial charge in [-0.3, -0.25) is 4.79 Å². The number of quaternary nitrogens is 1. The Morgan fingerprint density at radius 2 is 1.93 bits per heavy atom. The number of carbonyl (C=O) groups excluding carboxylic acids is 1. The molecule has 2 aliphatic carbocycles. The number of nitrogens with zero attached hydrogens (tertiary/aromatic N) is 1. The second kappa shape index (κ2) is 9.71. The highest BCUT2D eigenvalue weighted by molar-refractivity contribution is 5.79. The van der Waals surface area contributed by atoms with Crippen molar-refractivity contribution in [3.05, 3.63) is 47.5 Å². The molecule has 0 aromatic heterocycles. The van der Waals surface area contributed by atoms with Gasteiger partial charge in [0.25, 0.3) is 0 Å². The van der Waals surface area contributed by atoms with Crippen molar-refractivity contribution in [2.45, 2.75) is 38.5 Å². The summed E-state index contributed by atoms with van der Waals surface area (Å²) in [5.41, 5.74) is 2.82. The van der Waals surface area contributed by atoms with Crippen LogP contribution >= 0.6 is 0 Å². The second-order valence-electron chi connectivity index (χ2n) is 8.76. The number of carbonyl (C=O) groups is 1. The van der Waals surface area contributed by atoms with Crippen molar-refractivity contribution in [2.75, 3.05) is 45.9 Å². The van der Waals surface area contributed by atoms with Crippen LogP contribution in [-0.4, -0.2) is 56.7 Å². The second-order valence-corrected chi connectivity index (χ2v) is 8.76. The van der Waals surface area contributed by atoms with Crippen molar-refractivity contribution in [3.8, 4) is 0 Å². The zero-order valence-electron chi connectivity index (χ0n) is 17.1. The van der Waals surface area contributed by atoms with Gasteiger partial charge in [0.1, 0.15) is 13.1 Å². The van der Waals surface area contributed by atoms with Crippen LogP contribution in [-0.2, 0) is 22.4 Å². The zero-order valence-corrected chi connectivity index (χ0v) is 17.1. The van der Waals surface area contributed by atoms with Gasteiger partial charge in [-0.05, 0) is 55.6 Å². The Kier molecular flexibility index (Phi) is 6.81. The maximum Gasteiger partial charge on any atom is 0.226 e. The lowest BCUT2D eigenvalue weighted by molar-refractivity contribution is -0.907. The quantitative estimate of drug-likeness (QED) is 0.762. The summed E-state index contributed by atoms with van der Waals surface area (Å²) in [6.45, 7) is 6.75. The van der Waals surface area contributed by atoms with Gasteiger partial charge >= 0.3 is 0 Å². The number of morpholine rings is 1. The van der Waals surface area contributed by atoms with Crippen LogP contribution in [0.25, 0.3) is 0 Å². The zero-order chi connectivity index (χ0) is 19.2. The Bertz CT molecular complexity index is 681. The average Bonchev–Trinajstić information content (AvgIpc) is 2.77. The van der Waals surface area contributed by atoms with Gasteiger partial charge in [0.15, 0.2) is 0 Å². The van der Waals surface area contributed by atoms with Gasteiger partial charge in [0.05, 0.1) is 26.3 Å². The molecule has 0 bridgehead atoms. The van der Waals surface area contributed by atoms with Crippen LogP contribution in [0.15, 0.2) is 36.4 Å². The number of amides is 1. The van der Waals surface area contributed by atoms with Gasteiger partial charge < -0.3 is 14.5 Å². The molecule has 1 heterocycles.